The Morgan fingerprint density at radius 3 is 1.91 bits per heavy atom. The molecule has 4 aromatic carbocycles. The minimum absolute atomic E-state index is 0.101. The van der Waals surface area contributed by atoms with Crippen molar-refractivity contribution in [2.75, 3.05) is 5.32 Å². The van der Waals surface area contributed by atoms with Crippen molar-refractivity contribution in [3.63, 3.8) is 0 Å². The first kappa shape index (κ1) is 22.8. The van der Waals surface area contributed by atoms with E-state index in [4.69, 9.17) is 4.74 Å². The number of carbonyl (C=O) groups is 2. The van der Waals surface area contributed by atoms with Crippen LogP contribution in [0.5, 0.6) is 11.5 Å². The standard InChI is InChI=1S/C29H26N2O3/c1-21-12-16-25(17-13-21)34-26-18-14-24(15-19-26)30-28(32)20-27(22-8-4-2-5-9-22)31-29(33)23-10-6-3-7-11-23/h2-19,27H,20H2,1H3,(H,30,32)(H,31,33)/t27-/m0/s1. The Morgan fingerprint density at radius 2 is 1.29 bits per heavy atom. The molecule has 0 saturated heterocycles. The molecule has 0 saturated carbocycles. The van der Waals surface area contributed by atoms with Crippen LogP contribution >= 0.6 is 0 Å². The highest BCUT2D eigenvalue weighted by atomic mass is 16.5. The molecule has 0 spiro atoms. The number of hydrogen-bond donors (Lipinski definition) is 2. The molecular weight excluding hydrogens is 424 g/mol. The second-order valence-electron chi connectivity index (χ2n) is 7.99. The molecule has 0 bridgehead atoms. The molecule has 0 radical (unpaired) electrons. The number of anilines is 1. The fourth-order valence-corrected chi connectivity index (χ4v) is 3.51. The lowest BCUT2D eigenvalue weighted by atomic mass is 10.0. The van der Waals surface area contributed by atoms with Crippen LogP contribution in [0.15, 0.2) is 109 Å². The van der Waals surface area contributed by atoms with E-state index in [0.29, 0.717) is 17.0 Å². The summed E-state index contributed by atoms with van der Waals surface area (Å²) >= 11 is 0. The van der Waals surface area contributed by atoms with E-state index in [1.807, 2.05) is 79.7 Å². The third-order valence-electron chi connectivity index (χ3n) is 5.33. The average molecular weight is 451 g/mol. The highest BCUT2D eigenvalue weighted by Gasteiger charge is 2.19. The zero-order chi connectivity index (χ0) is 23.8. The van der Waals surface area contributed by atoms with Crippen molar-refractivity contribution in [1.82, 2.24) is 5.32 Å². The van der Waals surface area contributed by atoms with Crippen molar-refractivity contribution in [3.05, 3.63) is 126 Å². The van der Waals surface area contributed by atoms with Gasteiger partial charge in [-0.1, -0.05) is 66.2 Å². The Kier molecular flexibility index (Phi) is 7.35. The van der Waals surface area contributed by atoms with Crippen LogP contribution in [0.2, 0.25) is 0 Å². The van der Waals surface area contributed by atoms with Gasteiger partial charge in [0.2, 0.25) is 5.91 Å². The summed E-state index contributed by atoms with van der Waals surface area (Å²) in [5, 5.41) is 5.89. The molecule has 0 aliphatic heterocycles. The Morgan fingerprint density at radius 1 is 0.735 bits per heavy atom. The summed E-state index contributed by atoms with van der Waals surface area (Å²) in [7, 11) is 0. The minimum atomic E-state index is -0.460. The molecule has 2 amide bonds. The average Bonchev–Trinajstić information content (AvgIpc) is 2.87. The number of ether oxygens (including phenoxy) is 1. The highest BCUT2D eigenvalue weighted by molar-refractivity contribution is 5.95. The molecule has 1 atom stereocenters. The zero-order valence-corrected chi connectivity index (χ0v) is 18.9. The fourth-order valence-electron chi connectivity index (χ4n) is 3.51. The number of nitrogens with one attached hydrogen (secondary N) is 2. The normalized spacial score (nSPS) is 11.3. The lowest BCUT2D eigenvalue weighted by Gasteiger charge is -2.19. The van der Waals surface area contributed by atoms with E-state index in [9.17, 15) is 9.59 Å². The van der Waals surface area contributed by atoms with Gasteiger partial charge in [0.1, 0.15) is 11.5 Å². The van der Waals surface area contributed by atoms with Crippen LogP contribution in [0.25, 0.3) is 0 Å². The van der Waals surface area contributed by atoms with E-state index < -0.39 is 6.04 Å². The smallest absolute Gasteiger partial charge is 0.251 e. The third kappa shape index (κ3) is 6.33. The van der Waals surface area contributed by atoms with Gasteiger partial charge >= 0.3 is 0 Å². The maximum absolute atomic E-state index is 12.8. The molecule has 2 N–H and O–H groups in total. The van der Waals surface area contributed by atoms with Crippen molar-refractivity contribution in [3.8, 4) is 11.5 Å². The summed E-state index contributed by atoms with van der Waals surface area (Å²) in [6.07, 6.45) is 0.101. The minimum Gasteiger partial charge on any atom is -0.457 e. The topological polar surface area (TPSA) is 67.4 Å². The largest absolute Gasteiger partial charge is 0.457 e. The van der Waals surface area contributed by atoms with E-state index in [1.165, 1.54) is 5.56 Å². The van der Waals surface area contributed by atoms with E-state index in [2.05, 4.69) is 10.6 Å². The summed E-state index contributed by atoms with van der Waals surface area (Å²) in [6, 6.07) is 33.0. The molecule has 4 rings (SSSR count). The number of rotatable bonds is 8. The fraction of sp³-hybridized carbons (Fsp3) is 0.103. The Labute approximate surface area is 199 Å². The van der Waals surface area contributed by atoms with E-state index in [1.54, 1.807) is 36.4 Å². The molecule has 0 heterocycles. The predicted octanol–water partition coefficient (Wildman–Crippen LogP) is 6.29. The summed E-state index contributed by atoms with van der Waals surface area (Å²) < 4.78 is 5.84. The molecule has 5 heteroatoms. The predicted molar refractivity (Wildman–Crippen MR) is 134 cm³/mol. The lowest BCUT2D eigenvalue weighted by Crippen LogP contribution is -2.31. The Bertz CT molecular complexity index is 1220. The van der Waals surface area contributed by atoms with Gasteiger partial charge in [-0.3, -0.25) is 9.59 Å². The van der Waals surface area contributed by atoms with Crippen LogP contribution in [-0.4, -0.2) is 11.8 Å². The second kappa shape index (κ2) is 11.0. The second-order valence-corrected chi connectivity index (χ2v) is 7.99. The van der Waals surface area contributed by atoms with Gasteiger partial charge < -0.3 is 15.4 Å². The lowest BCUT2D eigenvalue weighted by molar-refractivity contribution is -0.116. The van der Waals surface area contributed by atoms with E-state index >= 15 is 0 Å². The van der Waals surface area contributed by atoms with Crippen LogP contribution in [0.3, 0.4) is 0 Å². The van der Waals surface area contributed by atoms with Crippen LogP contribution < -0.4 is 15.4 Å². The van der Waals surface area contributed by atoms with Gasteiger partial charge in [-0.05, 0) is 61.0 Å². The zero-order valence-electron chi connectivity index (χ0n) is 18.9. The van der Waals surface area contributed by atoms with Gasteiger partial charge in [0.05, 0.1) is 12.5 Å². The van der Waals surface area contributed by atoms with Crippen molar-refractivity contribution in [1.29, 1.82) is 0 Å². The first-order valence-electron chi connectivity index (χ1n) is 11.1. The molecule has 0 aliphatic carbocycles. The quantitative estimate of drug-likeness (QED) is 0.332. The molecule has 170 valence electrons. The van der Waals surface area contributed by atoms with Crippen LogP contribution in [0.4, 0.5) is 5.69 Å². The first-order valence-corrected chi connectivity index (χ1v) is 11.1. The van der Waals surface area contributed by atoms with Crippen LogP contribution in [0.1, 0.15) is 33.9 Å². The number of benzene rings is 4. The number of amides is 2. The maximum atomic E-state index is 12.8. The van der Waals surface area contributed by atoms with Crippen molar-refractivity contribution >= 4 is 17.5 Å². The van der Waals surface area contributed by atoms with Crippen LogP contribution in [-0.2, 0) is 4.79 Å². The number of carbonyl (C=O) groups excluding carboxylic acids is 2. The molecular formula is C29H26N2O3. The monoisotopic (exact) mass is 450 g/mol. The van der Waals surface area contributed by atoms with Crippen molar-refractivity contribution in [2.24, 2.45) is 0 Å². The molecule has 34 heavy (non-hydrogen) atoms. The van der Waals surface area contributed by atoms with Gasteiger partial charge in [-0.2, -0.15) is 0 Å². The molecule has 0 unspecified atom stereocenters. The molecule has 0 aromatic heterocycles. The van der Waals surface area contributed by atoms with E-state index in [0.717, 1.165) is 11.3 Å². The van der Waals surface area contributed by atoms with Gasteiger partial charge in [-0.25, -0.2) is 0 Å². The Hall–Kier alpha value is -4.38. The van der Waals surface area contributed by atoms with Gasteiger partial charge in [0, 0.05) is 11.3 Å². The van der Waals surface area contributed by atoms with Gasteiger partial charge in [0.25, 0.3) is 5.91 Å². The van der Waals surface area contributed by atoms with Crippen molar-refractivity contribution in [2.45, 2.75) is 19.4 Å². The van der Waals surface area contributed by atoms with Gasteiger partial charge in [0.15, 0.2) is 0 Å². The summed E-state index contributed by atoms with van der Waals surface area (Å²) in [4.78, 5) is 25.5. The number of hydrogen-bond acceptors (Lipinski definition) is 3. The van der Waals surface area contributed by atoms with E-state index in [-0.39, 0.29) is 18.2 Å². The molecule has 4 aromatic rings. The number of aryl methyl sites for hydroxylation is 1. The van der Waals surface area contributed by atoms with Gasteiger partial charge in [-0.15, -0.1) is 0 Å². The third-order valence-corrected chi connectivity index (χ3v) is 5.33. The summed E-state index contributed by atoms with van der Waals surface area (Å²) in [5.41, 5.74) is 3.23. The highest BCUT2D eigenvalue weighted by Crippen LogP contribution is 2.24. The van der Waals surface area contributed by atoms with Crippen LogP contribution in [0, 0.1) is 6.92 Å². The Balaban J connectivity index is 1.40. The SMILES string of the molecule is Cc1ccc(Oc2ccc(NC(=O)C[C@H](NC(=O)c3ccccc3)c3ccccc3)cc2)cc1. The molecule has 5 nitrogen and oxygen atoms in total. The maximum Gasteiger partial charge on any atom is 0.251 e. The first-order chi connectivity index (χ1) is 16.6. The summed E-state index contributed by atoms with van der Waals surface area (Å²) in [6.45, 7) is 2.02. The molecule has 0 fully saturated rings. The van der Waals surface area contributed by atoms with Crippen molar-refractivity contribution < 1.29 is 14.3 Å². The summed E-state index contributed by atoms with van der Waals surface area (Å²) in [5.74, 6) is 1.01. The molecule has 0 aliphatic rings.